The summed E-state index contributed by atoms with van der Waals surface area (Å²) in [4.78, 5) is 26.4. The number of para-hydroxylation sites is 1. The van der Waals surface area contributed by atoms with E-state index in [1.165, 1.54) is 0 Å². The molecule has 8 heteroatoms. The summed E-state index contributed by atoms with van der Waals surface area (Å²) in [6.07, 6.45) is 7.19. The number of benzene rings is 1. The van der Waals surface area contributed by atoms with Crippen LogP contribution in [0.2, 0.25) is 0 Å². The van der Waals surface area contributed by atoms with Gasteiger partial charge in [-0.25, -0.2) is 0 Å². The van der Waals surface area contributed by atoms with Crippen LogP contribution in [0, 0.1) is 0 Å². The number of carbonyl (C=O) groups is 2. The van der Waals surface area contributed by atoms with E-state index in [-0.39, 0.29) is 30.1 Å². The monoisotopic (exact) mass is 456 g/mol. The van der Waals surface area contributed by atoms with Gasteiger partial charge in [0.25, 0.3) is 5.91 Å². The highest BCUT2D eigenvalue weighted by molar-refractivity contribution is 5.92. The van der Waals surface area contributed by atoms with E-state index in [2.05, 4.69) is 5.32 Å². The maximum atomic E-state index is 12.9. The van der Waals surface area contributed by atoms with Crippen LogP contribution in [0.5, 0.6) is 0 Å². The Bertz CT molecular complexity index is 984. The number of furan rings is 1. The SMILES string of the molecule is O=C(NCCCN1CCCC1=O)C1=C[C@@H](c2coc3ccccc23)C[C@@H](OCCCCO)O1. The highest BCUT2D eigenvalue weighted by Crippen LogP contribution is 2.36. The number of aliphatic hydroxyl groups is 1. The van der Waals surface area contributed by atoms with Gasteiger partial charge in [-0.3, -0.25) is 9.59 Å². The molecule has 1 fully saturated rings. The normalized spacial score (nSPS) is 20.7. The molecule has 8 nitrogen and oxygen atoms in total. The van der Waals surface area contributed by atoms with Crippen LogP contribution in [0.15, 0.2) is 46.8 Å². The van der Waals surface area contributed by atoms with Crippen LogP contribution in [-0.2, 0) is 19.1 Å². The van der Waals surface area contributed by atoms with Crippen molar-refractivity contribution in [2.45, 2.75) is 50.7 Å². The molecule has 2 aliphatic rings. The smallest absolute Gasteiger partial charge is 0.286 e. The van der Waals surface area contributed by atoms with E-state index in [4.69, 9.17) is 19.0 Å². The molecule has 0 bridgehead atoms. The van der Waals surface area contributed by atoms with E-state index in [1.54, 1.807) is 6.26 Å². The van der Waals surface area contributed by atoms with Crippen molar-refractivity contribution in [2.75, 3.05) is 32.8 Å². The molecule has 178 valence electrons. The summed E-state index contributed by atoms with van der Waals surface area (Å²) in [6, 6.07) is 7.82. The molecular weight excluding hydrogens is 424 g/mol. The number of amides is 2. The molecule has 2 aliphatic heterocycles. The first-order chi connectivity index (χ1) is 16.2. The minimum Gasteiger partial charge on any atom is -0.464 e. The Balaban J connectivity index is 1.40. The van der Waals surface area contributed by atoms with Gasteiger partial charge in [-0.2, -0.15) is 0 Å². The van der Waals surface area contributed by atoms with E-state index in [0.717, 1.165) is 35.9 Å². The molecule has 0 radical (unpaired) electrons. The number of nitrogens with one attached hydrogen (secondary N) is 1. The van der Waals surface area contributed by atoms with Gasteiger partial charge in [0.15, 0.2) is 5.76 Å². The molecule has 1 aromatic heterocycles. The lowest BCUT2D eigenvalue weighted by Gasteiger charge is -2.29. The highest BCUT2D eigenvalue weighted by atomic mass is 16.7. The van der Waals surface area contributed by atoms with Crippen molar-refractivity contribution in [3.63, 3.8) is 0 Å². The van der Waals surface area contributed by atoms with Gasteiger partial charge >= 0.3 is 0 Å². The van der Waals surface area contributed by atoms with Gasteiger partial charge in [-0.15, -0.1) is 0 Å². The van der Waals surface area contributed by atoms with Crippen LogP contribution in [0.1, 0.15) is 50.0 Å². The molecule has 4 rings (SSSR count). The molecule has 2 amide bonds. The van der Waals surface area contributed by atoms with Crippen molar-refractivity contribution < 1.29 is 28.6 Å². The van der Waals surface area contributed by atoms with Gasteiger partial charge in [0.1, 0.15) is 5.58 Å². The van der Waals surface area contributed by atoms with Crippen molar-refractivity contribution in [3.05, 3.63) is 47.9 Å². The van der Waals surface area contributed by atoms with Crippen LogP contribution in [0.3, 0.4) is 0 Å². The number of unbranched alkanes of at least 4 members (excludes halogenated alkanes) is 1. The van der Waals surface area contributed by atoms with Crippen molar-refractivity contribution in [2.24, 2.45) is 0 Å². The molecule has 0 spiro atoms. The number of carbonyl (C=O) groups excluding carboxylic acids is 2. The van der Waals surface area contributed by atoms with E-state index in [0.29, 0.717) is 45.4 Å². The summed E-state index contributed by atoms with van der Waals surface area (Å²) >= 11 is 0. The zero-order valence-corrected chi connectivity index (χ0v) is 18.8. The Morgan fingerprint density at radius 1 is 1.24 bits per heavy atom. The molecule has 1 aromatic carbocycles. The second-order valence-corrected chi connectivity index (χ2v) is 8.50. The first-order valence-electron chi connectivity index (χ1n) is 11.8. The second-order valence-electron chi connectivity index (χ2n) is 8.50. The predicted octanol–water partition coefficient (Wildman–Crippen LogP) is 3.06. The lowest BCUT2D eigenvalue weighted by Crippen LogP contribution is -2.35. The number of allylic oxidation sites excluding steroid dienone is 1. The first kappa shape index (κ1) is 23.3. The zero-order chi connectivity index (χ0) is 23.0. The van der Waals surface area contributed by atoms with Crippen LogP contribution in [-0.4, -0.2) is 61.0 Å². The minimum atomic E-state index is -0.560. The van der Waals surface area contributed by atoms with Gasteiger partial charge in [-0.1, -0.05) is 18.2 Å². The zero-order valence-electron chi connectivity index (χ0n) is 18.8. The molecule has 3 heterocycles. The second kappa shape index (κ2) is 11.3. The molecule has 0 unspecified atom stereocenters. The molecular formula is C25H32N2O6. The van der Waals surface area contributed by atoms with E-state index in [1.807, 2.05) is 35.2 Å². The third-order valence-electron chi connectivity index (χ3n) is 6.11. The Morgan fingerprint density at radius 3 is 2.94 bits per heavy atom. The molecule has 33 heavy (non-hydrogen) atoms. The third kappa shape index (κ3) is 5.94. The summed E-state index contributed by atoms with van der Waals surface area (Å²) in [6.45, 7) is 2.48. The number of hydrogen-bond donors (Lipinski definition) is 2. The summed E-state index contributed by atoms with van der Waals surface area (Å²) in [5.74, 6) is 0.0503. The Hall–Kier alpha value is -2.84. The topological polar surface area (TPSA) is 101 Å². The van der Waals surface area contributed by atoms with Gasteiger partial charge in [0.2, 0.25) is 12.2 Å². The molecule has 2 N–H and O–H groups in total. The number of ether oxygens (including phenoxy) is 2. The fourth-order valence-corrected chi connectivity index (χ4v) is 4.35. The molecule has 2 aromatic rings. The molecule has 1 saturated heterocycles. The van der Waals surface area contributed by atoms with E-state index in [9.17, 15) is 9.59 Å². The van der Waals surface area contributed by atoms with Crippen molar-refractivity contribution in [1.82, 2.24) is 10.2 Å². The Kier molecular flexibility index (Phi) is 8.01. The molecule has 0 saturated carbocycles. The Morgan fingerprint density at radius 2 is 2.12 bits per heavy atom. The lowest BCUT2D eigenvalue weighted by molar-refractivity contribution is -0.146. The molecule has 2 atom stereocenters. The van der Waals surface area contributed by atoms with Crippen molar-refractivity contribution >= 4 is 22.8 Å². The Labute approximate surface area is 193 Å². The minimum absolute atomic E-state index is 0.0896. The molecule has 0 aliphatic carbocycles. The number of nitrogens with zero attached hydrogens (tertiary/aromatic N) is 1. The summed E-state index contributed by atoms with van der Waals surface area (Å²) in [5.41, 5.74) is 1.80. The maximum Gasteiger partial charge on any atom is 0.286 e. The quantitative estimate of drug-likeness (QED) is 0.504. The average molecular weight is 457 g/mol. The van der Waals surface area contributed by atoms with Crippen LogP contribution in [0.25, 0.3) is 11.0 Å². The number of hydrogen-bond acceptors (Lipinski definition) is 6. The van der Waals surface area contributed by atoms with E-state index < -0.39 is 6.29 Å². The average Bonchev–Trinajstić information content (AvgIpc) is 3.45. The van der Waals surface area contributed by atoms with Gasteiger partial charge in [0.05, 0.1) is 12.9 Å². The number of aliphatic hydroxyl groups excluding tert-OH is 1. The highest BCUT2D eigenvalue weighted by Gasteiger charge is 2.30. The van der Waals surface area contributed by atoms with Gasteiger partial charge in [-0.05, 0) is 37.8 Å². The number of rotatable bonds is 11. The lowest BCUT2D eigenvalue weighted by atomic mass is 9.92. The van der Waals surface area contributed by atoms with Gasteiger partial charge < -0.3 is 29.2 Å². The van der Waals surface area contributed by atoms with Crippen LogP contribution in [0.4, 0.5) is 0 Å². The third-order valence-corrected chi connectivity index (χ3v) is 6.11. The fourth-order valence-electron chi connectivity index (χ4n) is 4.35. The predicted molar refractivity (Wildman–Crippen MR) is 122 cm³/mol. The van der Waals surface area contributed by atoms with Crippen molar-refractivity contribution in [1.29, 1.82) is 0 Å². The fraction of sp³-hybridized carbons (Fsp3) is 0.520. The summed E-state index contributed by atoms with van der Waals surface area (Å²) in [5, 5.41) is 12.9. The summed E-state index contributed by atoms with van der Waals surface area (Å²) < 4.78 is 17.5. The number of likely N-dealkylation sites (tertiary alicyclic amines) is 1. The van der Waals surface area contributed by atoms with Crippen molar-refractivity contribution in [3.8, 4) is 0 Å². The number of fused-ring (bicyclic) bond motifs is 1. The standard InChI is InChI=1S/C25H32N2O6/c28-13-3-4-14-31-24-16-18(20-17-32-21-8-2-1-7-19(20)21)15-22(33-24)25(30)26-10-6-12-27-11-5-9-23(27)29/h1-2,7-8,15,17-18,24,28H,3-6,9-14,16H2,(H,26,30)/t18-,24+/m1/s1. The van der Waals surface area contributed by atoms with Crippen LogP contribution >= 0.6 is 0 Å². The largest absolute Gasteiger partial charge is 0.464 e. The van der Waals surface area contributed by atoms with E-state index >= 15 is 0 Å². The van der Waals surface area contributed by atoms with Crippen LogP contribution < -0.4 is 5.32 Å². The van der Waals surface area contributed by atoms with Gasteiger partial charge in [0, 0.05) is 56.0 Å². The summed E-state index contributed by atoms with van der Waals surface area (Å²) in [7, 11) is 0. The first-order valence-corrected chi connectivity index (χ1v) is 11.8. The maximum absolute atomic E-state index is 12.9.